The van der Waals surface area contributed by atoms with E-state index in [-0.39, 0.29) is 6.61 Å². The summed E-state index contributed by atoms with van der Waals surface area (Å²) in [5, 5.41) is 0.549. The number of aromatic nitrogens is 1. The van der Waals surface area contributed by atoms with Gasteiger partial charge in [0.2, 0.25) is 0 Å². The highest BCUT2D eigenvalue weighted by atomic mass is 79.9. The van der Waals surface area contributed by atoms with Gasteiger partial charge in [0.15, 0.2) is 0 Å². The number of aryl methyl sites for hydroxylation is 1. The number of nitrogen functional groups attached to an aromatic ring is 1. The van der Waals surface area contributed by atoms with Gasteiger partial charge in [0.05, 0.1) is 10.7 Å². The minimum absolute atomic E-state index is 0.287. The fourth-order valence-electron chi connectivity index (χ4n) is 1.52. The zero-order chi connectivity index (χ0) is 13.8. The van der Waals surface area contributed by atoms with Crippen LogP contribution in [0.25, 0.3) is 0 Å². The number of anilines is 1. The van der Waals surface area contributed by atoms with Crippen molar-refractivity contribution in [3.05, 3.63) is 51.1 Å². The number of hydrazine groups is 1. The molecule has 0 spiro atoms. The summed E-state index contributed by atoms with van der Waals surface area (Å²) in [6.45, 7) is 2.29. The van der Waals surface area contributed by atoms with Gasteiger partial charge in [0, 0.05) is 4.47 Å². The van der Waals surface area contributed by atoms with Gasteiger partial charge in [0.1, 0.15) is 18.2 Å². The first-order valence-electron chi connectivity index (χ1n) is 5.61. The number of hydrogen-bond acceptors (Lipinski definition) is 4. The fraction of sp³-hybridized carbons (Fsp3) is 0.154. The summed E-state index contributed by atoms with van der Waals surface area (Å²) >= 11 is 9.50. The maximum Gasteiger partial charge on any atom is 0.140 e. The first kappa shape index (κ1) is 14.1. The van der Waals surface area contributed by atoms with E-state index in [1.807, 2.05) is 25.1 Å². The molecule has 19 heavy (non-hydrogen) atoms. The van der Waals surface area contributed by atoms with Crippen molar-refractivity contribution in [2.75, 3.05) is 5.43 Å². The molecule has 0 unspecified atom stereocenters. The second kappa shape index (κ2) is 6.23. The number of benzene rings is 1. The lowest BCUT2D eigenvalue weighted by atomic mass is 10.2. The maximum atomic E-state index is 6.06. The number of rotatable bonds is 4. The summed E-state index contributed by atoms with van der Waals surface area (Å²) in [6.07, 6.45) is 0. The van der Waals surface area contributed by atoms with E-state index in [4.69, 9.17) is 22.2 Å². The van der Waals surface area contributed by atoms with E-state index in [0.29, 0.717) is 16.5 Å². The van der Waals surface area contributed by atoms with Crippen LogP contribution in [0.2, 0.25) is 5.02 Å². The molecule has 1 aromatic heterocycles. The Bertz CT molecular complexity index is 592. The molecule has 100 valence electrons. The fourth-order valence-corrected chi connectivity index (χ4v) is 1.93. The van der Waals surface area contributed by atoms with Crippen molar-refractivity contribution < 1.29 is 4.74 Å². The van der Waals surface area contributed by atoms with Crippen LogP contribution in [-0.2, 0) is 6.61 Å². The number of pyridine rings is 1. The van der Waals surface area contributed by atoms with Crippen LogP contribution >= 0.6 is 27.5 Å². The smallest absolute Gasteiger partial charge is 0.140 e. The Morgan fingerprint density at radius 3 is 2.84 bits per heavy atom. The molecule has 0 aliphatic rings. The number of ether oxygens (including phenoxy) is 1. The van der Waals surface area contributed by atoms with E-state index in [2.05, 4.69) is 26.3 Å². The average Bonchev–Trinajstić information content (AvgIpc) is 2.41. The zero-order valence-electron chi connectivity index (χ0n) is 10.3. The van der Waals surface area contributed by atoms with E-state index >= 15 is 0 Å². The molecule has 0 aliphatic heterocycles. The first-order chi connectivity index (χ1) is 9.10. The van der Waals surface area contributed by atoms with Gasteiger partial charge in [-0.2, -0.15) is 0 Å². The van der Waals surface area contributed by atoms with Crippen molar-refractivity contribution in [1.82, 2.24) is 4.98 Å². The lowest BCUT2D eigenvalue weighted by Crippen LogP contribution is -2.10. The molecule has 0 radical (unpaired) electrons. The monoisotopic (exact) mass is 341 g/mol. The van der Waals surface area contributed by atoms with Gasteiger partial charge in [-0.05, 0) is 42.8 Å². The Morgan fingerprint density at radius 2 is 2.16 bits per heavy atom. The summed E-state index contributed by atoms with van der Waals surface area (Å²) in [6, 6.07) is 9.21. The molecule has 0 saturated carbocycles. The Labute approximate surface area is 125 Å². The van der Waals surface area contributed by atoms with E-state index < -0.39 is 0 Å². The van der Waals surface area contributed by atoms with Gasteiger partial charge < -0.3 is 10.2 Å². The summed E-state index contributed by atoms with van der Waals surface area (Å²) in [5.41, 5.74) is 4.22. The maximum absolute atomic E-state index is 6.06. The van der Waals surface area contributed by atoms with E-state index in [1.54, 1.807) is 12.1 Å². The molecule has 0 bridgehead atoms. The molecule has 6 heteroatoms. The first-order valence-corrected chi connectivity index (χ1v) is 6.78. The number of hydrogen-bond donors (Lipinski definition) is 2. The van der Waals surface area contributed by atoms with Gasteiger partial charge in [-0.1, -0.05) is 27.5 Å². The van der Waals surface area contributed by atoms with Crippen LogP contribution in [0.15, 0.2) is 34.8 Å². The summed E-state index contributed by atoms with van der Waals surface area (Å²) < 4.78 is 6.72. The number of nitrogens with two attached hydrogens (primary N) is 1. The molecule has 1 aromatic carbocycles. The van der Waals surface area contributed by atoms with Crippen LogP contribution in [0, 0.1) is 6.92 Å². The quantitative estimate of drug-likeness (QED) is 0.657. The minimum atomic E-state index is 0.287. The van der Waals surface area contributed by atoms with Crippen molar-refractivity contribution in [2.45, 2.75) is 13.5 Å². The number of nitrogens with one attached hydrogen (secondary N) is 1. The van der Waals surface area contributed by atoms with E-state index in [1.165, 1.54) is 0 Å². The van der Waals surface area contributed by atoms with Crippen molar-refractivity contribution >= 4 is 33.3 Å². The Hall–Kier alpha value is -1.30. The summed E-state index contributed by atoms with van der Waals surface area (Å²) in [4.78, 5) is 4.24. The van der Waals surface area contributed by atoms with Crippen LogP contribution in [0.1, 0.15) is 11.3 Å². The Morgan fingerprint density at radius 1 is 1.37 bits per heavy atom. The number of halogens is 2. The predicted octanol–water partition coefficient (Wildman–Crippen LogP) is 3.67. The third-order valence-electron chi connectivity index (χ3n) is 2.57. The topological polar surface area (TPSA) is 60.2 Å². The van der Waals surface area contributed by atoms with Gasteiger partial charge in [-0.3, -0.25) is 0 Å². The van der Waals surface area contributed by atoms with Crippen molar-refractivity contribution in [3.8, 4) is 5.75 Å². The summed E-state index contributed by atoms with van der Waals surface area (Å²) in [7, 11) is 0. The largest absolute Gasteiger partial charge is 0.487 e. The van der Waals surface area contributed by atoms with Crippen LogP contribution in [0.5, 0.6) is 5.75 Å². The number of nitrogens with zero attached hydrogens (tertiary/aromatic N) is 1. The molecule has 0 saturated heterocycles. The highest BCUT2D eigenvalue weighted by Gasteiger charge is 2.05. The van der Waals surface area contributed by atoms with Crippen molar-refractivity contribution in [1.29, 1.82) is 0 Å². The molecule has 1 heterocycles. The normalized spacial score (nSPS) is 10.3. The molecular formula is C13H13BrClN3O. The lowest BCUT2D eigenvalue weighted by molar-refractivity contribution is 0.301. The van der Waals surface area contributed by atoms with Crippen LogP contribution in [0.4, 0.5) is 5.82 Å². The predicted molar refractivity (Wildman–Crippen MR) is 80.3 cm³/mol. The summed E-state index contributed by atoms with van der Waals surface area (Å²) in [5.74, 6) is 6.63. The SMILES string of the molecule is Cc1cc(OCc2nc(NN)ccc2Cl)ccc1Br. The van der Waals surface area contributed by atoms with Crippen LogP contribution in [-0.4, -0.2) is 4.98 Å². The second-order valence-electron chi connectivity index (χ2n) is 3.97. The highest BCUT2D eigenvalue weighted by Crippen LogP contribution is 2.23. The van der Waals surface area contributed by atoms with E-state index in [0.717, 1.165) is 15.8 Å². The second-order valence-corrected chi connectivity index (χ2v) is 5.23. The van der Waals surface area contributed by atoms with Gasteiger partial charge in [-0.25, -0.2) is 10.8 Å². The lowest BCUT2D eigenvalue weighted by Gasteiger charge is -2.09. The van der Waals surface area contributed by atoms with E-state index in [9.17, 15) is 0 Å². The van der Waals surface area contributed by atoms with Crippen molar-refractivity contribution in [2.24, 2.45) is 5.84 Å². The van der Waals surface area contributed by atoms with Gasteiger partial charge in [0.25, 0.3) is 0 Å². The molecule has 2 rings (SSSR count). The Balaban J connectivity index is 2.11. The van der Waals surface area contributed by atoms with Crippen LogP contribution in [0.3, 0.4) is 0 Å². The molecule has 3 N–H and O–H groups in total. The standard InChI is InChI=1S/C13H13BrClN3O/c1-8-6-9(2-3-10(8)14)19-7-12-11(15)4-5-13(17-12)18-16/h2-6H,7,16H2,1H3,(H,17,18). The van der Waals surface area contributed by atoms with Gasteiger partial charge in [-0.15, -0.1) is 0 Å². The van der Waals surface area contributed by atoms with Crippen LogP contribution < -0.4 is 16.0 Å². The molecular weight excluding hydrogens is 330 g/mol. The third kappa shape index (κ3) is 3.59. The zero-order valence-corrected chi connectivity index (χ0v) is 12.6. The highest BCUT2D eigenvalue weighted by molar-refractivity contribution is 9.10. The molecule has 0 amide bonds. The van der Waals surface area contributed by atoms with Gasteiger partial charge >= 0.3 is 0 Å². The van der Waals surface area contributed by atoms with Crippen molar-refractivity contribution in [3.63, 3.8) is 0 Å². The molecule has 4 nitrogen and oxygen atoms in total. The molecule has 2 aromatic rings. The molecule has 0 fully saturated rings. The average molecular weight is 343 g/mol. The Kier molecular flexibility index (Phi) is 4.63. The molecule has 0 atom stereocenters. The molecule has 0 aliphatic carbocycles. The minimum Gasteiger partial charge on any atom is -0.487 e. The third-order valence-corrected chi connectivity index (χ3v) is 3.81.